The number of aromatic nitrogens is 1. The SMILES string of the molecule is Cc1ccccc1CC(=O)NCC(C)(C)c1c[nH]c2ccc(F)cc12. The Morgan fingerprint density at radius 3 is 2.72 bits per heavy atom. The Hall–Kier alpha value is -2.62. The van der Waals surface area contributed by atoms with E-state index >= 15 is 0 Å². The molecule has 3 aromatic rings. The van der Waals surface area contributed by atoms with Gasteiger partial charge in [-0.25, -0.2) is 4.39 Å². The van der Waals surface area contributed by atoms with E-state index in [1.165, 1.54) is 12.1 Å². The van der Waals surface area contributed by atoms with Crippen molar-refractivity contribution in [1.82, 2.24) is 10.3 Å². The summed E-state index contributed by atoms with van der Waals surface area (Å²) >= 11 is 0. The highest BCUT2D eigenvalue weighted by Gasteiger charge is 2.25. The number of nitrogens with one attached hydrogen (secondary N) is 2. The average molecular weight is 338 g/mol. The van der Waals surface area contributed by atoms with Crippen LogP contribution in [0.4, 0.5) is 4.39 Å². The summed E-state index contributed by atoms with van der Waals surface area (Å²) in [4.78, 5) is 15.5. The number of benzene rings is 2. The lowest BCUT2D eigenvalue weighted by Crippen LogP contribution is -2.37. The van der Waals surface area contributed by atoms with E-state index in [2.05, 4.69) is 24.1 Å². The zero-order valence-corrected chi connectivity index (χ0v) is 14.8. The predicted molar refractivity (Wildman–Crippen MR) is 99.2 cm³/mol. The number of carbonyl (C=O) groups excluding carboxylic acids is 1. The van der Waals surface area contributed by atoms with Gasteiger partial charge in [-0.05, 0) is 41.8 Å². The van der Waals surface area contributed by atoms with E-state index in [1.807, 2.05) is 37.4 Å². The molecule has 0 saturated carbocycles. The van der Waals surface area contributed by atoms with Crippen molar-refractivity contribution in [2.24, 2.45) is 0 Å². The molecule has 0 fully saturated rings. The van der Waals surface area contributed by atoms with Gasteiger partial charge in [0.15, 0.2) is 0 Å². The lowest BCUT2D eigenvalue weighted by molar-refractivity contribution is -0.120. The summed E-state index contributed by atoms with van der Waals surface area (Å²) in [7, 11) is 0. The second-order valence-electron chi connectivity index (χ2n) is 7.16. The topological polar surface area (TPSA) is 44.9 Å². The third kappa shape index (κ3) is 3.73. The van der Waals surface area contributed by atoms with Gasteiger partial charge in [-0.3, -0.25) is 4.79 Å². The van der Waals surface area contributed by atoms with E-state index in [9.17, 15) is 9.18 Å². The molecule has 1 amide bonds. The fourth-order valence-electron chi connectivity index (χ4n) is 3.11. The van der Waals surface area contributed by atoms with Gasteiger partial charge in [0.1, 0.15) is 5.82 Å². The van der Waals surface area contributed by atoms with Gasteiger partial charge in [-0.15, -0.1) is 0 Å². The third-order valence-electron chi connectivity index (χ3n) is 4.71. The summed E-state index contributed by atoms with van der Waals surface area (Å²) in [5, 5.41) is 3.88. The Bertz CT molecular complexity index is 911. The first-order valence-corrected chi connectivity index (χ1v) is 8.45. The standard InChI is InChI=1S/C21H23FN2O/c1-14-6-4-5-7-15(14)10-20(25)24-13-21(2,3)18-12-23-19-9-8-16(22)11-17(18)19/h4-9,11-12,23H,10,13H2,1-3H3,(H,24,25). The molecule has 2 aromatic carbocycles. The first-order valence-electron chi connectivity index (χ1n) is 8.45. The van der Waals surface area contributed by atoms with Gasteiger partial charge in [0, 0.05) is 29.1 Å². The van der Waals surface area contributed by atoms with Crippen LogP contribution in [0.15, 0.2) is 48.7 Å². The van der Waals surface area contributed by atoms with E-state index in [0.717, 1.165) is 27.6 Å². The maximum absolute atomic E-state index is 13.6. The van der Waals surface area contributed by atoms with Gasteiger partial charge in [0.25, 0.3) is 0 Å². The normalized spacial score (nSPS) is 11.7. The van der Waals surface area contributed by atoms with Crippen LogP contribution in [-0.4, -0.2) is 17.4 Å². The fourth-order valence-corrected chi connectivity index (χ4v) is 3.11. The number of H-pyrrole nitrogens is 1. The highest BCUT2D eigenvalue weighted by Crippen LogP contribution is 2.30. The van der Waals surface area contributed by atoms with Crippen molar-refractivity contribution in [3.05, 3.63) is 71.2 Å². The van der Waals surface area contributed by atoms with Gasteiger partial charge >= 0.3 is 0 Å². The van der Waals surface area contributed by atoms with Crippen molar-refractivity contribution in [3.8, 4) is 0 Å². The lowest BCUT2D eigenvalue weighted by atomic mass is 9.84. The average Bonchev–Trinajstić information content (AvgIpc) is 2.99. The van der Waals surface area contributed by atoms with E-state index in [1.54, 1.807) is 6.07 Å². The first-order chi connectivity index (χ1) is 11.9. The molecule has 0 aliphatic rings. The molecular weight excluding hydrogens is 315 g/mol. The smallest absolute Gasteiger partial charge is 0.224 e. The molecule has 0 bridgehead atoms. The third-order valence-corrected chi connectivity index (χ3v) is 4.71. The highest BCUT2D eigenvalue weighted by molar-refractivity contribution is 5.84. The molecule has 4 heteroatoms. The van der Waals surface area contributed by atoms with Gasteiger partial charge < -0.3 is 10.3 Å². The van der Waals surface area contributed by atoms with Gasteiger partial charge in [-0.1, -0.05) is 38.1 Å². The number of fused-ring (bicyclic) bond motifs is 1. The van der Waals surface area contributed by atoms with Crippen LogP contribution in [0.5, 0.6) is 0 Å². The Labute approximate surface area is 147 Å². The molecule has 0 aliphatic carbocycles. The minimum absolute atomic E-state index is 0.00611. The predicted octanol–water partition coefficient (Wildman–Crippen LogP) is 4.25. The second kappa shape index (κ2) is 6.71. The van der Waals surface area contributed by atoms with Crippen LogP contribution in [-0.2, 0) is 16.6 Å². The molecule has 0 spiro atoms. The van der Waals surface area contributed by atoms with E-state index in [-0.39, 0.29) is 17.1 Å². The quantitative estimate of drug-likeness (QED) is 0.718. The number of rotatable bonds is 5. The molecule has 2 N–H and O–H groups in total. The minimum Gasteiger partial charge on any atom is -0.361 e. The Morgan fingerprint density at radius 2 is 1.96 bits per heavy atom. The molecule has 0 saturated heterocycles. The molecule has 0 atom stereocenters. The summed E-state index contributed by atoms with van der Waals surface area (Å²) in [5.41, 5.74) is 3.73. The molecular formula is C21H23FN2O. The Kier molecular flexibility index (Phi) is 4.62. The van der Waals surface area contributed by atoms with Crippen LogP contribution < -0.4 is 5.32 Å². The molecule has 1 heterocycles. The molecule has 3 rings (SSSR count). The second-order valence-corrected chi connectivity index (χ2v) is 7.16. The number of aromatic amines is 1. The van der Waals surface area contributed by atoms with Gasteiger partial charge in [0.05, 0.1) is 6.42 Å². The van der Waals surface area contributed by atoms with Crippen molar-refractivity contribution in [3.63, 3.8) is 0 Å². The van der Waals surface area contributed by atoms with Crippen LogP contribution in [0.2, 0.25) is 0 Å². The van der Waals surface area contributed by atoms with Crippen LogP contribution in [0, 0.1) is 12.7 Å². The molecule has 3 nitrogen and oxygen atoms in total. The molecule has 0 unspecified atom stereocenters. The van der Waals surface area contributed by atoms with Crippen LogP contribution in [0.25, 0.3) is 10.9 Å². The molecule has 0 radical (unpaired) electrons. The van der Waals surface area contributed by atoms with E-state index in [4.69, 9.17) is 0 Å². The number of hydrogen-bond acceptors (Lipinski definition) is 1. The highest BCUT2D eigenvalue weighted by atomic mass is 19.1. The summed E-state index contributed by atoms with van der Waals surface area (Å²) < 4.78 is 13.6. The minimum atomic E-state index is -0.312. The summed E-state index contributed by atoms with van der Waals surface area (Å²) in [6.45, 7) is 6.59. The van der Waals surface area contributed by atoms with Gasteiger partial charge in [-0.2, -0.15) is 0 Å². The monoisotopic (exact) mass is 338 g/mol. The van der Waals surface area contributed by atoms with Crippen molar-refractivity contribution < 1.29 is 9.18 Å². The number of halogens is 1. The maximum Gasteiger partial charge on any atom is 0.224 e. The van der Waals surface area contributed by atoms with Crippen LogP contribution in [0.3, 0.4) is 0 Å². The molecule has 130 valence electrons. The van der Waals surface area contributed by atoms with Crippen molar-refractivity contribution in [2.45, 2.75) is 32.6 Å². The fraction of sp³-hybridized carbons (Fsp3) is 0.286. The van der Waals surface area contributed by atoms with Crippen molar-refractivity contribution in [1.29, 1.82) is 0 Å². The van der Waals surface area contributed by atoms with E-state index < -0.39 is 0 Å². The zero-order valence-electron chi connectivity index (χ0n) is 14.8. The first kappa shape index (κ1) is 17.2. The number of aryl methyl sites for hydroxylation is 1. The zero-order chi connectivity index (χ0) is 18.0. The van der Waals surface area contributed by atoms with E-state index in [0.29, 0.717) is 13.0 Å². The molecule has 0 aliphatic heterocycles. The molecule has 25 heavy (non-hydrogen) atoms. The Balaban J connectivity index is 1.71. The van der Waals surface area contributed by atoms with Crippen LogP contribution >= 0.6 is 0 Å². The number of carbonyl (C=O) groups is 1. The summed E-state index contributed by atoms with van der Waals surface area (Å²) in [6.07, 6.45) is 2.27. The Morgan fingerprint density at radius 1 is 1.20 bits per heavy atom. The van der Waals surface area contributed by atoms with Gasteiger partial charge in [0.2, 0.25) is 5.91 Å². The van der Waals surface area contributed by atoms with Crippen LogP contribution in [0.1, 0.15) is 30.5 Å². The largest absolute Gasteiger partial charge is 0.361 e. The maximum atomic E-state index is 13.6. The summed E-state index contributed by atoms with van der Waals surface area (Å²) in [6, 6.07) is 12.6. The van der Waals surface area contributed by atoms with Crippen molar-refractivity contribution >= 4 is 16.8 Å². The lowest BCUT2D eigenvalue weighted by Gasteiger charge is -2.25. The van der Waals surface area contributed by atoms with Crippen molar-refractivity contribution in [2.75, 3.05) is 6.54 Å². The number of amides is 1. The number of hydrogen-bond donors (Lipinski definition) is 2. The summed E-state index contributed by atoms with van der Waals surface area (Å²) in [5.74, 6) is -0.263. The molecule has 1 aromatic heterocycles.